The quantitative estimate of drug-likeness (QED) is 0.828. The van der Waals surface area contributed by atoms with Crippen LogP contribution in [0.15, 0.2) is 22.8 Å². The van der Waals surface area contributed by atoms with Gasteiger partial charge in [0.25, 0.3) is 0 Å². The third-order valence-corrected chi connectivity index (χ3v) is 3.75. The number of nitrogens with one attached hydrogen (secondary N) is 2. The topological polar surface area (TPSA) is 54.3 Å². The molecule has 1 aromatic heterocycles. The normalized spacial score (nSPS) is 18.2. The van der Waals surface area contributed by atoms with Gasteiger partial charge >= 0.3 is 0 Å². The first-order valence-corrected chi connectivity index (χ1v) is 7.32. The van der Waals surface area contributed by atoms with Gasteiger partial charge in [0.1, 0.15) is 5.76 Å². The lowest BCUT2D eigenvalue weighted by molar-refractivity contribution is -0.123. The van der Waals surface area contributed by atoms with Crippen LogP contribution in [0, 0.1) is 0 Å². The number of carbonyl (C=O) groups is 1. The first-order valence-electron chi connectivity index (χ1n) is 7.32. The molecule has 1 fully saturated rings. The zero-order chi connectivity index (χ0) is 13.5. The highest BCUT2D eigenvalue weighted by atomic mass is 16.3. The van der Waals surface area contributed by atoms with Crippen LogP contribution in [0.2, 0.25) is 0 Å². The van der Waals surface area contributed by atoms with E-state index in [0.717, 1.165) is 31.6 Å². The molecule has 1 atom stereocenters. The first-order chi connectivity index (χ1) is 9.25. The molecule has 4 nitrogen and oxygen atoms in total. The van der Waals surface area contributed by atoms with Gasteiger partial charge in [-0.2, -0.15) is 0 Å². The highest BCUT2D eigenvalue weighted by Crippen LogP contribution is 2.17. The molecule has 1 heterocycles. The maximum atomic E-state index is 12.0. The number of rotatable bonds is 6. The van der Waals surface area contributed by atoms with E-state index in [4.69, 9.17) is 4.42 Å². The fraction of sp³-hybridized carbons (Fsp3) is 0.667. The van der Waals surface area contributed by atoms with Crippen molar-refractivity contribution in [3.63, 3.8) is 0 Å². The molecule has 1 unspecified atom stereocenters. The molecule has 1 saturated carbocycles. The number of carbonyl (C=O) groups excluding carboxylic acids is 1. The maximum Gasteiger partial charge on any atom is 0.237 e. The highest BCUT2D eigenvalue weighted by molar-refractivity contribution is 5.81. The van der Waals surface area contributed by atoms with Crippen LogP contribution < -0.4 is 10.6 Å². The summed E-state index contributed by atoms with van der Waals surface area (Å²) in [6, 6.07) is 4.08. The minimum atomic E-state index is -0.142. The summed E-state index contributed by atoms with van der Waals surface area (Å²) < 4.78 is 5.26. The molecule has 4 heteroatoms. The lowest BCUT2D eigenvalue weighted by atomic mass is 9.95. The van der Waals surface area contributed by atoms with Crippen molar-refractivity contribution < 1.29 is 9.21 Å². The Bertz CT molecular complexity index is 370. The van der Waals surface area contributed by atoms with Crippen LogP contribution >= 0.6 is 0 Å². The van der Waals surface area contributed by atoms with E-state index < -0.39 is 0 Å². The Kier molecular flexibility index (Phi) is 5.45. The van der Waals surface area contributed by atoms with Gasteiger partial charge < -0.3 is 15.1 Å². The van der Waals surface area contributed by atoms with Crippen molar-refractivity contribution in [1.29, 1.82) is 0 Å². The third-order valence-electron chi connectivity index (χ3n) is 3.75. The molecular formula is C15H24N2O2. The summed E-state index contributed by atoms with van der Waals surface area (Å²) in [5.41, 5.74) is 0. The summed E-state index contributed by atoms with van der Waals surface area (Å²) in [5.74, 6) is 1.07. The third kappa shape index (κ3) is 4.71. The van der Waals surface area contributed by atoms with Crippen LogP contribution in [-0.2, 0) is 11.2 Å². The van der Waals surface area contributed by atoms with Crippen molar-refractivity contribution in [1.82, 2.24) is 10.6 Å². The van der Waals surface area contributed by atoms with Crippen LogP contribution in [0.3, 0.4) is 0 Å². The molecule has 0 bridgehead atoms. The summed E-state index contributed by atoms with van der Waals surface area (Å²) in [6.45, 7) is 2.67. The van der Waals surface area contributed by atoms with Gasteiger partial charge in [0.2, 0.25) is 5.91 Å². The SMILES string of the molecule is CC(NCCc1ccco1)C(=O)NC1CCCCC1. The zero-order valence-corrected chi connectivity index (χ0v) is 11.7. The van der Waals surface area contributed by atoms with Gasteiger partial charge in [0.15, 0.2) is 0 Å². The summed E-state index contributed by atoms with van der Waals surface area (Å²) in [6.07, 6.45) is 8.54. The molecule has 0 aliphatic heterocycles. The van der Waals surface area contributed by atoms with E-state index in [0.29, 0.717) is 6.04 Å². The Morgan fingerprint density at radius 1 is 1.42 bits per heavy atom. The molecule has 1 aliphatic rings. The Balaban J connectivity index is 1.64. The molecular weight excluding hydrogens is 240 g/mol. The van der Waals surface area contributed by atoms with Gasteiger partial charge in [-0.25, -0.2) is 0 Å². The van der Waals surface area contributed by atoms with Crippen LogP contribution in [0.5, 0.6) is 0 Å². The van der Waals surface area contributed by atoms with Crippen molar-refractivity contribution in [3.05, 3.63) is 24.2 Å². The first kappa shape index (κ1) is 14.1. The van der Waals surface area contributed by atoms with Crippen molar-refractivity contribution >= 4 is 5.91 Å². The van der Waals surface area contributed by atoms with Crippen LogP contribution in [-0.4, -0.2) is 24.5 Å². The van der Waals surface area contributed by atoms with Gasteiger partial charge in [0.05, 0.1) is 12.3 Å². The molecule has 0 aromatic carbocycles. The Morgan fingerprint density at radius 2 is 2.21 bits per heavy atom. The monoisotopic (exact) mass is 264 g/mol. The molecule has 2 N–H and O–H groups in total. The second kappa shape index (κ2) is 7.34. The lowest BCUT2D eigenvalue weighted by Gasteiger charge is -2.24. The predicted octanol–water partition coefficient (Wildman–Crippen LogP) is 2.25. The van der Waals surface area contributed by atoms with E-state index in [-0.39, 0.29) is 11.9 Å². The van der Waals surface area contributed by atoms with Crippen LogP contribution in [0.1, 0.15) is 44.8 Å². The van der Waals surface area contributed by atoms with Crippen molar-refractivity contribution in [2.24, 2.45) is 0 Å². The van der Waals surface area contributed by atoms with E-state index in [2.05, 4.69) is 10.6 Å². The Labute approximate surface area is 114 Å². The van der Waals surface area contributed by atoms with Gasteiger partial charge in [0, 0.05) is 19.0 Å². The standard InChI is InChI=1S/C15H24N2O2/c1-12(16-10-9-14-8-5-11-19-14)15(18)17-13-6-3-2-4-7-13/h5,8,11-13,16H,2-4,6-7,9-10H2,1H3,(H,17,18). The highest BCUT2D eigenvalue weighted by Gasteiger charge is 2.19. The van der Waals surface area contributed by atoms with Gasteiger partial charge in [-0.15, -0.1) is 0 Å². The molecule has 0 spiro atoms. The minimum absolute atomic E-state index is 0.117. The Hall–Kier alpha value is -1.29. The van der Waals surface area contributed by atoms with E-state index >= 15 is 0 Å². The molecule has 19 heavy (non-hydrogen) atoms. The van der Waals surface area contributed by atoms with Crippen LogP contribution in [0.25, 0.3) is 0 Å². The number of furan rings is 1. The number of amides is 1. The van der Waals surface area contributed by atoms with E-state index in [1.54, 1.807) is 6.26 Å². The smallest absolute Gasteiger partial charge is 0.237 e. The predicted molar refractivity (Wildman–Crippen MR) is 74.9 cm³/mol. The van der Waals surface area contributed by atoms with Crippen molar-refractivity contribution in [3.8, 4) is 0 Å². The minimum Gasteiger partial charge on any atom is -0.469 e. The summed E-state index contributed by atoms with van der Waals surface area (Å²) in [7, 11) is 0. The molecule has 2 rings (SSSR count). The Morgan fingerprint density at radius 3 is 2.89 bits per heavy atom. The average molecular weight is 264 g/mol. The fourth-order valence-corrected chi connectivity index (χ4v) is 2.53. The lowest BCUT2D eigenvalue weighted by Crippen LogP contribution is -2.47. The largest absolute Gasteiger partial charge is 0.469 e. The van der Waals surface area contributed by atoms with E-state index in [9.17, 15) is 4.79 Å². The van der Waals surface area contributed by atoms with Crippen LogP contribution in [0.4, 0.5) is 0 Å². The number of hydrogen-bond donors (Lipinski definition) is 2. The fourth-order valence-electron chi connectivity index (χ4n) is 2.53. The second-order valence-corrected chi connectivity index (χ2v) is 5.35. The molecule has 1 amide bonds. The molecule has 0 radical (unpaired) electrons. The molecule has 106 valence electrons. The summed E-state index contributed by atoms with van der Waals surface area (Å²) in [4.78, 5) is 12.0. The number of hydrogen-bond acceptors (Lipinski definition) is 3. The molecule has 1 aliphatic carbocycles. The van der Waals surface area contributed by atoms with Crippen molar-refractivity contribution in [2.75, 3.05) is 6.54 Å². The van der Waals surface area contributed by atoms with Gasteiger partial charge in [-0.1, -0.05) is 19.3 Å². The zero-order valence-electron chi connectivity index (χ0n) is 11.7. The average Bonchev–Trinajstić information content (AvgIpc) is 2.93. The van der Waals surface area contributed by atoms with E-state index in [1.165, 1.54) is 19.3 Å². The second-order valence-electron chi connectivity index (χ2n) is 5.35. The molecule has 1 aromatic rings. The van der Waals surface area contributed by atoms with Gasteiger partial charge in [-0.3, -0.25) is 4.79 Å². The summed E-state index contributed by atoms with van der Waals surface area (Å²) in [5, 5.41) is 6.38. The van der Waals surface area contributed by atoms with E-state index in [1.807, 2.05) is 19.1 Å². The molecule has 0 saturated heterocycles. The summed E-state index contributed by atoms with van der Waals surface area (Å²) >= 11 is 0. The van der Waals surface area contributed by atoms with Crippen molar-refractivity contribution in [2.45, 2.75) is 57.5 Å². The van der Waals surface area contributed by atoms with Gasteiger partial charge in [-0.05, 0) is 31.9 Å². The maximum absolute atomic E-state index is 12.0.